The van der Waals surface area contributed by atoms with Crippen LogP contribution >= 0.6 is 0 Å². The molecule has 0 bridgehead atoms. The summed E-state index contributed by atoms with van der Waals surface area (Å²) in [6.45, 7) is 4.38. The number of carbonyl (C=O) groups is 2. The smallest absolute Gasteiger partial charge is 0.261 e. The fraction of sp³-hybridized carbons (Fsp3) is 0.240. The predicted molar refractivity (Wildman–Crippen MR) is 123 cm³/mol. The summed E-state index contributed by atoms with van der Waals surface area (Å²) in [5.41, 5.74) is 2.37. The summed E-state index contributed by atoms with van der Waals surface area (Å²) < 4.78 is 0. The van der Waals surface area contributed by atoms with Gasteiger partial charge in [0.1, 0.15) is 17.4 Å². The zero-order chi connectivity index (χ0) is 22.8. The van der Waals surface area contributed by atoms with Crippen molar-refractivity contribution in [3.8, 4) is 16.9 Å². The van der Waals surface area contributed by atoms with Crippen LogP contribution in [0.1, 0.15) is 29.4 Å². The van der Waals surface area contributed by atoms with E-state index in [-0.39, 0.29) is 17.2 Å². The van der Waals surface area contributed by atoms with E-state index in [9.17, 15) is 19.5 Å². The number of rotatable bonds is 5. The molecule has 1 atom stereocenters. The van der Waals surface area contributed by atoms with E-state index in [4.69, 9.17) is 0 Å². The number of benzene rings is 2. The molecule has 1 aliphatic heterocycles. The number of aromatic nitrogens is 1. The number of amides is 2. The largest absolute Gasteiger partial charge is 0.508 e. The predicted octanol–water partition coefficient (Wildman–Crippen LogP) is 3.32. The third-order valence-corrected chi connectivity index (χ3v) is 5.87. The van der Waals surface area contributed by atoms with E-state index in [2.05, 4.69) is 4.98 Å². The van der Waals surface area contributed by atoms with Crippen LogP contribution < -0.4 is 10.5 Å². The molecule has 7 heteroatoms. The van der Waals surface area contributed by atoms with E-state index in [1.165, 1.54) is 4.90 Å². The van der Waals surface area contributed by atoms with Crippen LogP contribution in [0.5, 0.6) is 5.75 Å². The summed E-state index contributed by atoms with van der Waals surface area (Å²) in [5.74, 6) is -0.484. The minimum Gasteiger partial charge on any atom is -0.508 e. The average molecular weight is 431 g/mol. The summed E-state index contributed by atoms with van der Waals surface area (Å²) >= 11 is 0. The summed E-state index contributed by atoms with van der Waals surface area (Å²) in [5, 5.41) is 9.56. The zero-order valence-corrected chi connectivity index (χ0v) is 18.0. The highest BCUT2D eigenvalue weighted by molar-refractivity contribution is 6.04. The van der Waals surface area contributed by atoms with Gasteiger partial charge in [0, 0.05) is 30.0 Å². The topological polar surface area (TPSA) is 93.7 Å². The maximum absolute atomic E-state index is 13.4. The van der Waals surface area contributed by atoms with Crippen molar-refractivity contribution in [2.24, 2.45) is 0 Å². The molecule has 0 aliphatic carbocycles. The van der Waals surface area contributed by atoms with Gasteiger partial charge in [0.05, 0.1) is 0 Å². The minimum absolute atomic E-state index is 0.00788. The lowest BCUT2D eigenvalue weighted by molar-refractivity contribution is -0.120. The van der Waals surface area contributed by atoms with Crippen molar-refractivity contribution in [2.75, 3.05) is 18.0 Å². The lowest BCUT2D eigenvalue weighted by atomic mass is 10.0. The number of phenols is 1. The Labute approximate surface area is 185 Å². The molecule has 1 aromatic heterocycles. The van der Waals surface area contributed by atoms with Crippen molar-refractivity contribution >= 4 is 17.5 Å². The molecule has 2 amide bonds. The molecule has 3 aromatic rings. The fourth-order valence-electron chi connectivity index (χ4n) is 4.20. The van der Waals surface area contributed by atoms with E-state index >= 15 is 0 Å². The van der Waals surface area contributed by atoms with Crippen molar-refractivity contribution in [3.05, 3.63) is 82.3 Å². The van der Waals surface area contributed by atoms with Crippen molar-refractivity contribution < 1.29 is 14.7 Å². The Morgan fingerprint density at radius 3 is 2.47 bits per heavy atom. The van der Waals surface area contributed by atoms with Gasteiger partial charge in [-0.15, -0.1) is 0 Å². The number of pyridine rings is 1. The van der Waals surface area contributed by atoms with Gasteiger partial charge < -0.3 is 19.9 Å². The Morgan fingerprint density at radius 2 is 1.81 bits per heavy atom. The number of likely N-dealkylation sites (N-methyl/N-ethyl adjacent to an activating group) is 1. The van der Waals surface area contributed by atoms with Crippen LogP contribution in [0, 0.1) is 6.92 Å². The summed E-state index contributed by atoms with van der Waals surface area (Å²) in [4.78, 5) is 45.1. The maximum atomic E-state index is 13.4. The molecule has 7 nitrogen and oxygen atoms in total. The highest BCUT2D eigenvalue weighted by atomic mass is 16.3. The number of hydrogen-bond donors (Lipinski definition) is 2. The van der Waals surface area contributed by atoms with Crippen LogP contribution in [-0.2, 0) is 4.79 Å². The van der Waals surface area contributed by atoms with Crippen molar-refractivity contribution in [1.82, 2.24) is 9.88 Å². The van der Waals surface area contributed by atoms with Gasteiger partial charge >= 0.3 is 0 Å². The van der Waals surface area contributed by atoms with Crippen molar-refractivity contribution in [1.29, 1.82) is 0 Å². The van der Waals surface area contributed by atoms with Crippen LogP contribution in [0.3, 0.4) is 0 Å². The van der Waals surface area contributed by atoms with Crippen LogP contribution in [0.15, 0.2) is 65.5 Å². The van der Waals surface area contributed by atoms with Crippen LogP contribution in [0.25, 0.3) is 11.1 Å². The molecule has 32 heavy (non-hydrogen) atoms. The Balaban J connectivity index is 1.65. The van der Waals surface area contributed by atoms with Crippen LogP contribution in [-0.4, -0.2) is 45.9 Å². The standard InChI is InChI=1S/C25H25N3O4/c1-3-27(22-13-14-28(25(22)32)18-7-5-4-6-8-18)24(31)21-15-20(16(2)26-23(21)30)17-9-11-19(29)12-10-17/h4-12,15,22,29H,3,13-14H2,1-2H3,(H,26,30). The number of aryl methyl sites for hydroxylation is 1. The summed E-state index contributed by atoms with van der Waals surface area (Å²) in [6.07, 6.45) is 0.502. The van der Waals surface area contributed by atoms with E-state index in [0.717, 1.165) is 11.3 Å². The first-order valence-corrected chi connectivity index (χ1v) is 10.6. The SMILES string of the molecule is CCN(C(=O)c1cc(-c2ccc(O)cc2)c(C)[nH]c1=O)C1CCN(c2ccccc2)C1=O. The average Bonchev–Trinajstić information content (AvgIpc) is 3.17. The number of phenolic OH excluding ortho intramolecular Hbond substituents is 1. The molecule has 1 fully saturated rings. The van der Waals surface area contributed by atoms with Crippen LogP contribution in [0.2, 0.25) is 0 Å². The van der Waals surface area contributed by atoms with E-state index in [1.807, 2.05) is 30.3 Å². The molecular weight excluding hydrogens is 406 g/mol. The molecule has 0 spiro atoms. The number of nitrogens with zero attached hydrogens (tertiary/aromatic N) is 2. The number of hydrogen-bond acceptors (Lipinski definition) is 4. The maximum Gasteiger partial charge on any atom is 0.261 e. The van der Waals surface area contributed by atoms with Gasteiger partial charge in [-0.05, 0) is 56.2 Å². The van der Waals surface area contributed by atoms with Crippen molar-refractivity contribution in [2.45, 2.75) is 26.3 Å². The highest BCUT2D eigenvalue weighted by Crippen LogP contribution is 2.27. The summed E-state index contributed by atoms with van der Waals surface area (Å²) in [7, 11) is 0. The van der Waals surface area contributed by atoms with E-state index in [1.54, 1.807) is 49.1 Å². The second-order valence-corrected chi connectivity index (χ2v) is 7.82. The van der Waals surface area contributed by atoms with Gasteiger partial charge in [-0.1, -0.05) is 30.3 Å². The molecular formula is C25H25N3O4. The fourth-order valence-corrected chi connectivity index (χ4v) is 4.20. The van der Waals surface area contributed by atoms with Crippen molar-refractivity contribution in [3.63, 3.8) is 0 Å². The number of nitrogens with one attached hydrogen (secondary N) is 1. The monoisotopic (exact) mass is 431 g/mol. The molecule has 4 rings (SSSR count). The lowest BCUT2D eigenvalue weighted by Gasteiger charge is -2.27. The van der Waals surface area contributed by atoms with Gasteiger partial charge in [0.25, 0.3) is 11.5 Å². The Hall–Kier alpha value is -3.87. The first kappa shape index (κ1) is 21.4. The summed E-state index contributed by atoms with van der Waals surface area (Å²) in [6, 6.07) is 16.9. The van der Waals surface area contributed by atoms with Gasteiger partial charge in [-0.25, -0.2) is 0 Å². The third-order valence-electron chi connectivity index (χ3n) is 5.87. The highest BCUT2D eigenvalue weighted by Gasteiger charge is 2.39. The Bertz CT molecular complexity index is 1200. The molecule has 0 radical (unpaired) electrons. The number of aromatic amines is 1. The van der Waals surface area contributed by atoms with Gasteiger partial charge in [0.15, 0.2) is 0 Å². The Kier molecular flexibility index (Phi) is 5.81. The molecule has 1 saturated heterocycles. The van der Waals surface area contributed by atoms with E-state index in [0.29, 0.717) is 30.8 Å². The molecule has 1 unspecified atom stereocenters. The minimum atomic E-state index is -0.620. The molecule has 0 saturated carbocycles. The third kappa shape index (κ3) is 3.89. The number of anilines is 1. The van der Waals surface area contributed by atoms with Crippen LogP contribution in [0.4, 0.5) is 5.69 Å². The molecule has 2 N–H and O–H groups in total. The number of H-pyrrole nitrogens is 1. The van der Waals surface area contributed by atoms with E-state index < -0.39 is 17.5 Å². The number of para-hydroxylation sites is 1. The lowest BCUT2D eigenvalue weighted by Crippen LogP contribution is -2.46. The Morgan fingerprint density at radius 1 is 1.12 bits per heavy atom. The quantitative estimate of drug-likeness (QED) is 0.648. The molecule has 2 aromatic carbocycles. The number of aromatic hydroxyl groups is 1. The normalized spacial score (nSPS) is 15.8. The molecule has 1 aliphatic rings. The first-order valence-electron chi connectivity index (χ1n) is 10.6. The van der Waals surface area contributed by atoms with Gasteiger partial charge in [-0.3, -0.25) is 14.4 Å². The second-order valence-electron chi connectivity index (χ2n) is 7.82. The number of carbonyl (C=O) groups excluding carboxylic acids is 2. The zero-order valence-electron chi connectivity index (χ0n) is 18.0. The second kappa shape index (κ2) is 8.70. The van der Waals surface area contributed by atoms with Gasteiger partial charge in [-0.2, -0.15) is 0 Å². The molecule has 164 valence electrons. The molecule has 2 heterocycles. The first-order chi connectivity index (χ1) is 15.4. The van der Waals surface area contributed by atoms with Gasteiger partial charge in [0.2, 0.25) is 5.91 Å².